The zero-order valence-corrected chi connectivity index (χ0v) is 16.8. The van der Waals surface area contributed by atoms with Gasteiger partial charge in [-0.3, -0.25) is 9.59 Å². The fourth-order valence-corrected chi connectivity index (χ4v) is 2.61. The molecule has 8 heteroatoms. The van der Waals surface area contributed by atoms with Gasteiger partial charge >= 0.3 is 0 Å². The fourth-order valence-electron chi connectivity index (χ4n) is 2.39. The van der Waals surface area contributed by atoms with Gasteiger partial charge in [-0.1, -0.05) is 37.6 Å². The second kappa shape index (κ2) is 10.6. The summed E-state index contributed by atoms with van der Waals surface area (Å²) in [7, 11) is 1.59. The average molecular weight is 406 g/mol. The molecule has 2 N–H and O–H groups in total. The second-order valence-electron chi connectivity index (χ2n) is 6.39. The third-order valence-corrected chi connectivity index (χ3v) is 4.23. The molecule has 0 saturated carbocycles. The number of carbonyl (C=O) groups excluding carboxylic acids is 2. The highest BCUT2D eigenvalue weighted by molar-refractivity contribution is 6.33. The van der Waals surface area contributed by atoms with Crippen LogP contribution in [0.3, 0.4) is 0 Å². The summed E-state index contributed by atoms with van der Waals surface area (Å²) in [6.45, 7) is 4.55. The Balaban J connectivity index is 2.01. The summed E-state index contributed by atoms with van der Waals surface area (Å²) < 4.78 is 10.3. The molecule has 2 rings (SSSR count). The topological polar surface area (TPSA) is 89.5 Å². The Bertz CT molecular complexity index is 796. The van der Waals surface area contributed by atoms with Crippen LogP contribution in [0.15, 0.2) is 42.6 Å². The first-order chi connectivity index (χ1) is 13.4. The molecule has 0 fully saturated rings. The first kappa shape index (κ1) is 21.7. The minimum absolute atomic E-state index is 0.129. The van der Waals surface area contributed by atoms with Crippen LogP contribution in [-0.4, -0.2) is 43.2 Å². The van der Waals surface area contributed by atoms with Crippen LogP contribution in [0.5, 0.6) is 5.88 Å². The molecule has 1 unspecified atom stereocenters. The van der Waals surface area contributed by atoms with E-state index in [-0.39, 0.29) is 11.8 Å². The molecule has 0 aliphatic carbocycles. The van der Waals surface area contributed by atoms with Crippen molar-refractivity contribution in [2.75, 3.05) is 25.6 Å². The van der Waals surface area contributed by atoms with Crippen molar-refractivity contribution in [2.24, 2.45) is 5.92 Å². The monoisotopic (exact) mass is 405 g/mol. The molecule has 0 aliphatic heterocycles. The standard InChI is InChI=1S/C20H24ClN3O4/c1-13(2)18(24-19(25)15-6-4-5-7-16(15)21)20(26)23-14-8-9-17(22-12-14)28-11-10-27-3/h4-9,12-13,18H,10-11H2,1-3H3,(H,23,26)(H,24,25). The maximum atomic E-state index is 12.7. The van der Waals surface area contributed by atoms with Gasteiger partial charge in [-0.15, -0.1) is 0 Å². The molecular formula is C20H24ClN3O4. The highest BCUT2D eigenvalue weighted by Crippen LogP contribution is 2.17. The predicted molar refractivity (Wildman–Crippen MR) is 108 cm³/mol. The van der Waals surface area contributed by atoms with Crippen molar-refractivity contribution in [3.8, 4) is 5.88 Å². The number of hydrogen-bond donors (Lipinski definition) is 2. The largest absolute Gasteiger partial charge is 0.475 e. The van der Waals surface area contributed by atoms with Crippen molar-refractivity contribution >= 4 is 29.1 Å². The van der Waals surface area contributed by atoms with Gasteiger partial charge in [0.15, 0.2) is 0 Å². The Hall–Kier alpha value is -2.64. The van der Waals surface area contributed by atoms with Crippen LogP contribution in [-0.2, 0) is 9.53 Å². The number of benzene rings is 1. The molecular weight excluding hydrogens is 382 g/mol. The van der Waals surface area contributed by atoms with Crippen molar-refractivity contribution in [1.29, 1.82) is 0 Å². The van der Waals surface area contributed by atoms with Gasteiger partial charge in [0.1, 0.15) is 12.6 Å². The number of ether oxygens (including phenoxy) is 2. The summed E-state index contributed by atoms with van der Waals surface area (Å²) in [5, 5.41) is 5.83. The summed E-state index contributed by atoms with van der Waals surface area (Å²) in [4.78, 5) is 29.3. The maximum absolute atomic E-state index is 12.7. The first-order valence-corrected chi connectivity index (χ1v) is 9.24. The number of halogens is 1. The van der Waals surface area contributed by atoms with E-state index in [4.69, 9.17) is 21.1 Å². The number of anilines is 1. The van der Waals surface area contributed by atoms with E-state index in [1.807, 2.05) is 13.8 Å². The SMILES string of the molecule is COCCOc1ccc(NC(=O)C(NC(=O)c2ccccc2Cl)C(C)C)cn1. The highest BCUT2D eigenvalue weighted by Gasteiger charge is 2.25. The summed E-state index contributed by atoms with van der Waals surface area (Å²) in [5.41, 5.74) is 0.823. The summed E-state index contributed by atoms with van der Waals surface area (Å²) in [5.74, 6) is -0.441. The minimum Gasteiger partial charge on any atom is -0.475 e. The zero-order chi connectivity index (χ0) is 20.5. The molecule has 1 aromatic heterocycles. The van der Waals surface area contributed by atoms with E-state index in [2.05, 4.69) is 15.6 Å². The van der Waals surface area contributed by atoms with Crippen LogP contribution in [0.25, 0.3) is 0 Å². The highest BCUT2D eigenvalue weighted by atomic mass is 35.5. The molecule has 28 heavy (non-hydrogen) atoms. The molecule has 0 bridgehead atoms. The molecule has 0 saturated heterocycles. The lowest BCUT2D eigenvalue weighted by Gasteiger charge is -2.22. The summed E-state index contributed by atoms with van der Waals surface area (Å²) in [6, 6.07) is 9.29. The predicted octanol–water partition coefficient (Wildman–Crippen LogP) is 3.15. The lowest BCUT2D eigenvalue weighted by molar-refractivity contribution is -0.118. The summed E-state index contributed by atoms with van der Waals surface area (Å²) in [6.07, 6.45) is 1.49. The van der Waals surface area contributed by atoms with E-state index in [1.54, 1.807) is 43.5 Å². The molecule has 1 aromatic carbocycles. The number of hydrogen-bond acceptors (Lipinski definition) is 5. The van der Waals surface area contributed by atoms with Crippen molar-refractivity contribution in [2.45, 2.75) is 19.9 Å². The Morgan fingerprint density at radius 3 is 2.50 bits per heavy atom. The number of methoxy groups -OCH3 is 1. The second-order valence-corrected chi connectivity index (χ2v) is 6.80. The normalized spacial score (nSPS) is 11.8. The van der Waals surface area contributed by atoms with E-state index < -0.39 is 11.9 Å². The van der Waals surface area contributed by atoms with E-state index in [9.17, 15) is 9.59 Å². The van der Waals surface area contributed by atoms with E-state index >= 15 is 0 Å². The molecule has 2 aromatic rings. The van der Waals surface area contributed by atoms with Gasteiger partial charge in [-0.2, -0.15) is 0 Å². The van der Waals surface area contributed by atoms with Gasteiger partial charge < -0.3 is 20.1 Å². The first-order valence-electron chi connectivity index (χ1n) is 8.86. The van der Waals surface area contributed by atoms with Crippen LogP contribution in [0, 0.1) is 5.92 Å². The number of rotatable bonds is 9. The minimum atomic E-state index is -0.735. The molecule has 0 aliphatic rings. The smallest absolute Gasteiger partial charge is 0.253 e. The lowest BCUT2D eigenvalue weighted by Crippen LogP contribution is -2.47. The van der Waals surface area contributed by atoms with Gasteiger partial charge in [0.2, 0.25) is 11.8 Å². The average Bonchev–Trinajstić information content (AvgIpc) is 2.67. The molecule has 7 nitrogen and oxygen atoms in total. The number of carbonyl (C=O) groups is 2. The van der Waals surface area contributed by atoms with E-state index in [0.717, 1.165) is 0 Å². The molecule has 0 spiro atoms. The van der Waals surface area contributed by atoms with Crippen LogP contribution >= 0.6 is 11.6 Å². The zero-order valence-electron chi connectivity index (χ0n) is 16.1. The van der Waals surface area contributed by atoms with Crippen LogP contribution in [0.2, 0.25) is 5.02 Å². The summed E-state index contributed by atoms with van der Waals surface area (Å²) >= 11 is 6.06. The molecule has 0 radical (unpaired) electrons. The molecule has 2 amide bonds. The number of amides is 2. The Morgan fingerprint density at radius 2 is 1.89 bits per heavy atom. The number of nitrogens with zero attached hydrogens (tertiary/aromatic N) is 1. The van der Waals surface area contributed by atoms with Crippen LogP contribution in [0.1, 0.15) is 24.2 Å². The van der Waals surface area contributed by atoms with Crippen molar-refractivity contribution in [1.82, 2.24) is 10.3 Å². The van der Waals surface area contributed by atoms with Gasteiger partial charge in [0.25, 0.3) is 5.91 Å². The number of pyridine rings is 1. The van der Waals surface area contributed by atoms with Crippen LogP contribution < -0.4 is 15.4 Å². The van der Waals surface area contributed by atoms with Crippen LogP contribution in [0.4, 0.5) is 5.69 Å². The Labute approximate surface area is 169 Å². The van der Waals surface area contributed by atoms with E-state index in [1.165, 1.54) is 6.20 Å². The molecule has 1 atom stereocenters. The van der Waals surface area contributed by atoms with Crippen molar-refractivity contribution in [3.05, 3.63) is 53.2 Å². The Morgan fingerprint density at radius 1 is 1.14 bits per heavy atom. The number of nitrogens with one attached hydrogen (secondary N) is 2. The van der Waals surface area contributed by atoms with Gasteiger partial charge in [0, 0.05) is 13.2 Å². The Kier molecular flexibility index (Phi) is 8.22. The number of aromatic nitrogens is 1. The molecule has 1 heterocycles. The van der Waals surface area contributed by atoms with Gasteiger partial charge in [0.05, 0.1) is 29.1 Å². The lowest BCUT2D eigenvalue weighted by atomic mass is 10.0. The van der Waals surface area contributed by atoms with Crippen molar-refractivity contribution < 1.29 is 19.1 Å². The fraction of sp³-hybridized carbons (Fsp3) is 0.350. The van der Waals surface area contributed by atoms with E-state index in [0.29, 0.717) is 35.4 Å². The maximum Gasteiger partial charge on any atom is 0.253 e. The van der Waals surface area contributed by atoms with Gasteiger partial charge in [-0.25, -0.2) is 4.98 Å². The third kappa shape index (κ3) is 6.21. The van der Waals surface area contributed by atoms with Crippen molar-refractivity contribution in [3.63, 3.8) is 0 Å². The molecule has 150 valence electrons. The third-order valence-electron chi connectivity index (χ3n) is 3.90. The van der Waals surface area contributed by atoms with Gasteiger partial charge in [-0.05, 0) is 24.1 Å². The quantitative estimate of drug-likeness (QED) is 0.625.